The number of carbonyl (C=O) groups excluding carboxylic acids is 1. The van der Waals surface area contributed by atoms with Crippen molar-refractivity contribution in [3.05, 3.63) is 46.6 Å². The summed E-state index contributed by atoms with van der Waals surface area (Å²) in [5.41, 5.74) is -0.370. The van der Waals surface area contributed by atoms with Gasteiger partial charge in [0.25, 0.3) is 5.56 Å². The average Bonchev–Trinajstić information content (AvgIpc) is 2.85. The Kier molecular flexibility index (Phi) is 3.04. The standard InChI is InChI=1S/C11H10N2O4/c1-16-10-4-5-11(15)13(12-10)7-8(14)9-3-2-6-17-9/h2-6H,7H2,1H3. The molecule has 2 rings (SSSR count). The van der Waals surface area contributed by atoms with E-state index in [4.69, 9.17) is 9.15 Å². The highest BCUT2D eigenvalue weighted by atomic mass is 16.5. The molecular weight excluding hydrogens is 224 g/mol. The van der Waals surface area contributed by atoms with E-state index in [0.717, 1.165) is 4.68 Å². The van der Waals surface area contributed by atoms with Crippen LogP contribution >= 0.6 is 0 Å². The molecule has 0 amide bonds. The molecule has 0 saturated carbocycles. The Morgan fingerprint density at radius 2 is 2.29 bits per heavy atom. The molecule has 0 aliphatic heterocycles. The molecule has 0 atom stereocenters. The topological polar surface area (TPSA) is 74.3 Å². The van der Waals surface area contributed by atoms with E-state index >= 15 is 0 Å². The zero-order valence-corrected chi connectivity index (χ0v) is 9.12. The van der Waals surface area contributed by atoms with Gasteiger partial charge in [-0.25, -0.2) is 4.68 Å². The van der Waals surface area contributed by atoms with Gasteiger partial charge in [-0.05, 0) is 12.1 Å². The van der Waals surface area contributed by atoms with Gasteiger partial charge in [-0.1, -0.05) is 0 Å². The average molecular weight is 234 g/mol. The van der Waals surface area contributed by atoms with Gasteiger partial charge in [0.15, 0.2) is 5.76 Å². The Hall–Kier alpha value is -2.37. The lowest BCUT2D eigenvalue weighted by atomic mass is 10.3. The molecule has 0 bridgehead atoms. The van der Waals surface area contributed by atoms with Gasteiger partial charge in [-0.15, -0.1) is 5.10 Å². The highest BCUT2D eigenvalue weighted by Crippen LogP contribution is 2.04. The van der Waals surface area contributed by atoms with E-state index in [0.29, 0.717) is 0 Å². The Balaban J connectivity index is 2.24. The van der Waals surface area contributed by atoms with Gasteiger partial charge in [-0.2, -0.15) is 0 Å². The number of hydrogen-bond donors (Lipinski definition) is 0. The first-order valence-corrected chi connectivity index (χ1v) is 4.89. The number of ether oxygens (including phenoxy) is 1. The summed E-state index contributed by atoms with van der Waals surface area (Å²) in [5.74, 6) is 0.149. The van der Waals surface area contributed by atoms with E-state index in [1.54, 1.807) is 6.07 Å². The molecule has 0 aliphatic carbocycles. The minimum absolute atomic E-state index is 0.177. The van der Waals surface area contributed by atoms with Crippen LogP contribution in [0.5, 0.6) is 5.88 Å². The molecule has 0 saturated heterocycles. The number of furan rings is 1. The number of carbonyl (C=O) groups is 1. The van der Waals surface area contributed by atoms with Crippen LogP contribution in [0.1, 0.15) is 10.6 Å². The van der Waals surface area contributed by atoms with E-state index < -0.39 is 0 Å². The summed E-state index contributed by atoms with van der Waals surface area (Å²) in [6, 6.07) is 5.88. The first kappa shape index (κ1) is 11.1. The highest BCUT2D eigenvalue weighted by Gasteiger charge is 2.11. The van der Waals surface area contributed by atoms with E-state index in [2.05, 4.69) is 5.10 Å². The smallest absolute Gasteiger partial charge is 0.267 e. The molecule has 0 spiro atoms. The zero-order valence-electron chi connectivity index (χ0n) is 9.12. The first-order chi connectivity index (χ1) is 8.20. The SMILES string of the molecule is COc1ccc(=O)n(CC(=O)c2ccco2)n1. The fraction of sp³-hybridized carbons (Fsp3) is 0.182. The van der Waals surface area contributed by atoms with Gasteiger partial charge in [-0.3, -0.25) is 9.59 Å². The molecule has 0 aromatic carbocycles. The molecule has 17 heavy (non-hydrogen) atoms. The number of methoxy groups -OCH3 is 1. The third-order valence-electron chi connectivity index (χ3n) is 2.14. The first-order valence-electron chi connectivity index (χ1n) is 4.89. The minimum Gasteiger partial charge on any atom is -0.480 e. The predicted octanol–water partition coefficient (Wildman–Crippen LogP) is 0.728. The molecule has 2 aromatic heterocycles. The minimum atomic E-state index is -0.370. The lowest BCUT2D eigenvalue weighted by molar-refractivity contribution is 0.0937. The van der Waals surface area contributed by atoms with Gasteiger partial charge in [0, 0.05) is 12.1 Å². The maximum atomic E-state index is 11.7. The van der Waals surface area contributed by atoms with Crippen LogP contribution in [-0.4, -0.2) is 22.7 Å². The molecule has 0 aliphatic rings. The van der Waals surface area contributed by atoms with E-state index in [9.17, 15) is 9.59 Å². The van der Waals surface area contributed by atoms with Crippen LogP contribution in [-0.2, 0) is 6.54 Å². The normalized spacial score (nSPS) is 10.2. The maximum absolute atomic E-state index is 11.7. The molecule has 0 fully saturated rings. The van der Waals surface area contributed by atoms with Gasteiger partial charge in [0.1, 0.15) is 6.54 Å². The Labute approximate surface area is 96.4 Å². The lowest BCUT2D eigenvalue weighted by Gasteiger charge is -2.04. The Morgan fingerprint density at radius 3 is 2.94 bits per heavy atom. The molecule has 88 valence electrons. The summed E-state index contributed by atoms with van der Waals surface area (Å²) in [4.78, 5) is 23.1. The van der Waals surface area contributed by atoms with E-state index in [1.165, 1.54) is 31.6 Å². The summed E-state index contributed by atoms with van der Waals surface area (Å²) in [6.07, 6.45) is 1.40. The molecule has 0 unspecified atom stereocenters. The monoisotopic (exact) mass is 234 g/mol. The van der Waals surface area contributed by atoms with Crippen molar-refractivity contribution in [3.8, 4) is 5.88 Å². The highest BCUT2D eigenvalue weighted by molar-refractivity contribution is 5.93. The second kappa shape index (κ2) is 4.65. The van der Waals surface area contributed by atoms with Crippen LogP contribution in [0, 0.1) is 0 Å². The molecule has 2 aromatic rings. The summed E-state index contributed by atoms with van der Waals surface area (Å²) >= 11 is 0. The van der Waals surface area contributed by atoms with Crippen molar-refractivity contribution in [3.63, 3.8) is 0 Å². The molecular formula is C11H10N2O4. The van der Waals surface area contributed by atoms with E-state index in [1.807, 2.05) is 0 Å². The molecule has 0 N–H and O–H groups in total. The fourth-order valence-corrected chi connectivity index (χ4v) is 1.30. The molecule has 0 radical (unpaired) electrons. The third kappa shape index (κ3) is 2.41. The summed E-state index contributed by atoms with van der Waals surface area (Å²) < 4.78 is 10.8. The van der Waals surface area contributed by atoms with Crippen molar-refractivity contribution in [2.45, 2.75) is 6.54 Å². The quantitative estimate of drug-likeness (QED) is 0.729. The van der Waals surface area contributed by atoms with Gasteiger partial charge >= 0.3 is 0 Å². The Morgan fingerprint density at radius 1 is 1.47 bits per heavy atom. The van der Waals surface area contributed by atoms with Crippen LogP contribution in [0.2, 0.25) is 0 Å². The predicted molar refractivity (Wildman–Crippen MR) is 58.1 cm³/mol. The van der Waals surface area contributed by atoms with Crippen molar-refractivity contribution >= 4 is 5.78 Å². The summed E-state index contributed by atoms with van der Waals surface area (Å²) in [7, 11) is 1.44. The van der Waals surface area contributed by atoms with Crippen molar-refractivity contribution in [1.82, 2.24) is 9.78 Å². The van der Waals surface area contributed by atoms with Crippen molar-refractivity contribution in [2.24, 2.45) is 0 Å². The van der Waals surface area contributed by atoms with Crippen LogP contribution in [0.15, 0.2) is 39.7 Å². The lowest BCUT2D eigenvalue weighted by Crippen LogP contribution is -2.26. The van der Waals surface area contributed by atoms with Crippen LogP contribution in [0.4, 0.5) is 0 Å². The largest absolute Gasteiger partial charge is 0.480 e. The Bertz CT molecular complexity index is 571. The second-order valence-electron chi connectivity index (χ2n) is 3.27. The molecule has 2 heterocycles. The molecule has 6 heteroatoms. The van der Waals surface area contributed by atoms with Crippen LogP contribution in [0.25, 0.3) is 0 Å². The number of hydrogen-bond acceptors (Lipinski definition) is 5. The second-order valence-corrected chi connectivity index (χ2v) is 3.27. The van der Waals surface area contributed by atoms with Gasteiger partial charge < -0.3 is 9.15 Å². The summed E-state index contributed by atoms with van der Waals surface area (Å²) in [6.45, 7) is -0.177. The van der Waals surface area contributed by atoms with E-state index in [-0.39, 0.29) is 29.5 Å². The number of aromatic nitrogens is 2. The van der Waals surface area contributed by atoms with Crippen molar-refractivity contribution in [1.29, 1.82) is 0 Å². The van der Waals surface area contributed by atoms with Crippen molar-refractivity contribution < 1.29 is 13.9 Å². The maximum Gasteiger partial charge on any atom is 0.267 e. The molecule has 6 nitrogen and oxygen atoms in total. The number of rotatable bonds is 4. The van der Waals surface area contributed by atoms with Crippen LogP contribution in [0.3, 0.4) is 0 Å². The number of Topliss-reactive ketones (excluding diaryl/α,β-unsaturated/α-hetero) is 1. The summed E-state index contributed by atoms with van der Waals surface area (Å²) in [5, 5.41) is 3.86. The number of nitrogens with zero attached hydrogens (tertiary/aromatic N) is 2. The van der Waals surface area contributed by atoms with Crippen molar-refractivity contribution in [2.75, 3.05) is 7.11 Å². The van der Waals surface area contributed by atoms with Gasteiger partial charge in [0.05, 0.1) is 13.4 Å². The van der Waals surface area contributed by atoms with Gasteiger partial charge in [0.2, 0.25) is 11.7 Å². The third-order valence-corrected chi connectivity index (χ3v) is 2.14. The van der Waals surface area contributed by atoms with Crippen LogP contribution < -0.4 is 10.3 Å². The number of ketones is 1. The fourth-order valence-electron chi connectivity index (χ4n) is 1.30. The zero-order chi connectivity index (χ0) is 12.3.